The molecule has 0 amide bonds. The Morgan fingerprint density at radius 1 is 1.32 bits per heavy atom. The number of nitrogens with zero attached hydrogens (tertiary/aromatic N) is 4. The molecular formula is C15H18N8O2. The molecule has 0 aliphatic heterocycles. The molecule has 0 radical (unpaired) electrons. The highest BCUT2D eigenvalue weighted by molar-refractivity contribution is 5.81. The Balaban J connectivity index is 0.000000186. The first-order valence-electron chi connectivity index (χ1n) is 7.34. The van der Waals surface area contributed by atoms with E-state index in [9.17, 15) is 9.59 Å². The van der Waals surface area contributed by atoms with Crippen molar-refractivity contribution in [3.05, 3.63) is 45.3 Å². The number of rotatable bonds is 2. The van der Waals surface area contributed by atoms with E-state index in [0.29, 0.717) is 17.9 Å². The predicted molar refractivity (Wildman–Crippen MR) is 93.6 cm³/mol. The summed E-state index contributed by atoms with van der Waals surface area (Å²) in [5.74, 6) is 5.49. The lowest BCUT2D eigenvalue weighted by molar-refractivity contribution is 0.598. The normalized spacial score (nSPS) is 11.2. The van der Waals surface area contributed by atoms with Gasteiger partial charge in [-0.1, -0.05) is 5.92 Å². The van der Waals surface area contributed by atoms with Gasteiger partial charge in [0.15, 0.2) is 11.5 Å². The van der Waals surface area contributed by atoms with Crippen molar-refractivity contribution in [3.63, 3.8) is 0 Å². The molecule has 3 aromatic rings. The number of anilines is 1. The summed E-state index contributed by atoms with van der Waals surface area (Å²) in [7, 11) is 0. The van der Waals surface area contributed by atoms with E-state index in [-0.39, 0.29) is 11.6 Å². The van der Waals surface area contributed by atoms with Crippen LogP contribution in [0, 0.1) is 11.8 Å². The fourth-order valence-electron chi connectivity index (χ4n) is 1.98. The van der Waals surface area contributed by atoms with Crippen molar-refractivity contribution >= 4 is 17.0 Å². The molecule has 0 aliphatic carbocycles. The molecule has 3 heterocycles. The largest absolute Gasteiger partial charge is 0.382 e. The smallest absolute Gasteiger partial charge is 0.325 e. The van der Waals surface area contributed by atoms with Crippen molar-refractivity contribution in [2.75, 3.05) is 5.73 Å². The SMILES string of the molecule is CC#Cc1c[nH]c(=O)[nH]c1=O.CC(N)Cn1cnc2c(N)ncnc21. The minimum atomic E-state index is -0.517. The highest BCUT2D eigenvalue weighted by atomic mass is 16.2. The van der Waals surface area contributed by atoms with Crippen LogP contribution < -0.4 is 22.7 Å². The van der Waals surface area contributed by atoms with E-state index in [1.54, 1.807) is 13.3 Å². The fourth-order valence-corrected chi connectivity index (χ4v) is 1.98. The van der Waals surface area contributed by atoms with Crippen LogP contribution in [0.5, 0.6) is 0 Å². The molecule has 0 fully saturated rings. The molecule has 0 spiro atoms. The summed E-state index contributed by atoms with van der Waals surface area (Å²) in [6.07, 6.45) is 4.40. The molecule has 0 aliphatic rings. The van der Waals surface area contributed by atoms with Gasteiger partial charge in [0.2, 0.25) is 0 Å². The second-order valence-electron chi connectivity index (χ2n) is 5.17. The van der Waals surface area contributed by atoms with E-state index >= 15 is 0 Å². The Kier molecular flexibility index (Phi) is 5.65. The zero-order valence-corrected chi connectivity index (χ0v) is 13.8. The minimum absolute atomic E-state index is 0.0589. The van der Waals surface area contributed by atoms with Crippen LogP contribution in [0.15, 0.2) is 28.4 Å². The number of aromatic amines is 2. The first kappa shape index (κ1) is 17.9. The summed E-state index contributed by atoms with van der Waals surface area (Å²) in [6, 6.07) is 0.0589. The van der Waals surface area contributed by atoms with Crippen LogP contribution in [0.3, 0.4) is 0 Å². The lowest BCUT2D eigenvalue weighted by atomic mass is 10.3. The van der Waals surface area contributed by atoms with E-state index in [2.05, 4.69) is 36.8 Å². The molecule has 3 rings (SSSR count). The summed E-state index contributed by atoms with van der Waals surface area (Å²) < 4.78 is 1.87. The molecule has 10 nitrogen and oxygen atoms in total. The maximum absolute atomic E-state index is 10.9. The maximum Gasteiger partial charge on any atom is 0.325 e. The third-order valence-electron chi connectivity index (χ3n) is 2.99. The average Bonchev–Trinajstić information content (AvgIpc) is 2.95. The second kappa shape index (κ2) is 7.89. The Morgan fingerprint density at radius 2 is 2.08 bits per heavy atom. The van der Waals surface area contributed by atoms with Gasteiger partial charge < -0.3 is 21.0 Å². The van der Waals surface area contributed by atoms with E-state index in [0.717, 1.165) is 5.65 Å². The van der Waals surface area contributed by atoms with Crippen molar-refractivity contribution in [1.82, 2.24) is 29.5 Å². The predicted octanol–water partition coefficient (Wildman–Crippen LogP) is -0.810. The van der Waals surface area contributed by atoms with Gasteiger partial charge in [-0.25, -0.2) is 19.7 Å². The number of nitrogen functional groups attached to an aromatic ring is 1. The van der Waals surface area contributed by atoms with Gasteiger partial charge in [-0.3, -0.25) is 9.78 Å². The van der Waals surface area contributed by atoms with E-state index < -0.39 is 11.2 Å². The van der Waals surface area contributed by atoms with Crippen LogP contribution in [0.2, 0.25) is 0 Å². The van der Waals surface area contributed by atoms with Crippen molar-refractivity contribution < 1.29 is 0 Å². The van der Waals surface area contributed by atoms with Gasteiger partial charge in [-0.2, -0.15) is 0 Å². The summed E-state index contributed by atoms with van der Waals surface area (Å²) >= 11 is 0. The summed E-state index contributed by atoms with van der Waals surface area (Å²) in [5, 5.41) is 0. The lowest BCUT2D eigenvalue weighted by Crippen LogP contribution is -2.23. The fraction of sp³-hybridized carbons (Fsp3) is 0.267. The molecule has 0 bridgehead atoms. The third kappa shape index (κ3) is 4.52. The first-order valence-corrected chi connectivity index (χ1v) is 7.34. The summed E-state index contributed by atoms with van der Waals surface area (Å²) in [5.41, 5.74) is 12.0. The van der Waals surface area contributed by atoms with Crippen LogP contribution in [-0.2, 0) is 6.54 Å². The van der Waals surface area contributed by atoms with E-state index in [4.69, 9.17) is 11.5 Å². The number of nitrogens with one attached hydrogen (secondary N) is 2. The van der Waals surface area contributed by atoms with Gasteiger partial charge in [-0.05, 0) is 13.8 Å². The van der Waals surface area contributed by atoms with E-state index in [1.807, 2.05) is 11.5 Å². The highest BCUT2D eigenvalue weighted by Crippen LogP contribution is 2.13. The van der Waals surface area contributed by atoms with Crippen LogP contribution in [0.25, 0.3) is 11.2 Å². The monoisotopic (exact) mass is 342 g/mol. The molecule has 0 saturated heterocycles. The van der Waals surface area contributed by atoms with Gasteiger partial charge in [0.05, 0.1) is 6.33 Å². The van der Waals surface area contributed by atoms with Crippen LogP contribution in [-0.4, -0.2) is 35.5 Å². The molecule has 0 saturated carbocycles. The molecule has 130 valence electrons. The number of fused-ring (bicyclic) bond motifs is 1. The number of aromatic nitrogens is 6. The molecule has 1 unspecified atom stereocenters. The van der Waals surface area contributed by atoms with Gasteiger partial charge in [-0.15, -0.1) is 5.92 Å². The van der Waals surface area contributed by atoms with Gasteiger partial charge in [0, 0.05) is 18.8 Å². The van der Waals surface area contributed by atoms with Crippen molar-refractivity contribution in [2.24, 2.45) is 5.73 Å². The van der Waals surface area contributed by atoms with Gasteiger partial charge in [0.1, 0.15) is 17.4 Å². The highest BCUT2D eigenvalue weighted by Gasteiger charge is 2.08. The molecule has 25 heavy (non-hydrogen) atoms. The molecule has 0 aromatic carbocycles. The molecule has 3 aromatic heterocycles. The number of imidazole rings is 1. The molecular weight excluding hydrogens is 324 g/mol. The number of hydrogen-bond acceptors (Lipinski definition) is 7. The molecule has 6 N–H and O–H groups in total. The minimum Gasteiger partial charge on any atom is -0.382 e. The van der Waals surface area contributed by atoms with Crippen molar-refractivity contribution in [1.29, 1.82) is 0 Å². The Bertz CT molecular complexity index is 1040. The van der Waals surface area contributed by atoms with Gasteiger partial charge >= 0.3 is 5.69 Å². The van der Waals surface area contributed by atoms with E-state index in [1.165, 1.54) is 12.5 Å². The number of H-pyrrole nitrogens is 2. The van der Waals surface area contributed by atoms with Crippen molar-refractivity contribution in [3.8, 4) is 11.8 Å². The topological polar surface area (TPSA) is 161 Å². The number of hydrogen-bond donors (Lipinski definition) is 4. The average molecular weight is 342 g/mol. The van der Waals surface area contributed by atoms with Gasteiger partial charge in [0.25, 0.3) is 5.56 Å². The van der Waals surface area contributed by atoms with Crippen molar-refractivity contribution in [2.45, 2.75) is 26.4 Å². The Morgan fingerprint density at radius 3 is 2.72 bits per heavy atom. The first-order chi connectivity index (χ1) is 11.9. The second-order valence-corrected chi connectivity index (χ2v) is 5.17. The van der Waals surface area contributed by atoms with Crippen LogP contribution in [0.1, 0.15) is 19.4 Å². The summed E-state index contributed by atoms with van der Waals surface area (Å²) in [4.78, 5) is 37.8. The van der Waals surface area contributed by atoms with Crippen LogP contribution >= 0.6 is 0 Å². The zero-order valence-electron chi connectivity index (χ0n) is 13.8. The third-order valence-corrected chi connectivity index (χ3v) is 2.99. The Hall–Kier alpha value is -3.45. The lowest BCUT2D eigenvalue weighted by Gasteiger charge is -2.05. The maximum atomic E-state index is 10.9. The molecule has 1 atom stereocenters. The Labute approximate surface area is 142 Å². The molecule has 10 heteroatoms. The standard InChI is InChI=1S/C8H12N6.C7H6N2O2/c1-5(9)2-14-4-13-6-7(10)11-3-12-8(6)14;1-2-3-5-4-8-7(11)9-6(5)10/h3-5H,2,9H2,1H3,(H2,10,11,12);4H,1H3,(H2,8,9,10,11). The number of nitrogens with two attached hydrogens (primary N) is 2. The zero-order chi connectivity index (χ0) is 18.4. The van der Waals surface area contributed by atoms with Crippen LogP contribution in [0.4, 0.5) is 5.82 Å². The quantitative estimate of drug-likeness (QED) is 0.443. The summed E-state index contributed by atoms with van der Waals surface area (Å²) in [6.45, 7) is 4.22.